The molecule has 0 spiro atoms. The highest BCUT2D eigenvalue weighted by Crippen LogP contribution is 2.17. The summed E-state index contributed by atoms with van der Waals surface area (Å²) in [5, 5.41) is 4.82. The fourth-order valence-corrected chi connectivity index (χ4v) is 2.55. The van der Waals surface area contributed by atoms with Crippen LogP contribution in [0.1, 0.15) is 40.5 Å². The third kappa shape index (κ3) is 4.66. The third-order valence-corrected chi connectivity index (χ3v) is 4.03. The molecular formula is C15H23ClN2S. The molecule has 4 heteroatoms. The molecule has 1 aromatic carbocycles. The topological polar surface area (TPSA) is 15.3 Å². The first-order valence-electron chi connectivity index (χ1n) is 6.84. The quantitative estimate of drug-likeness (QED) is 0.776. The van der Waals surface area contributed by atoms with E-state index in [4.69, 9.17) is 23.8 Å². The second-order valence-corrected chi connectivity index (χ2v) is 5.68. The van der Waals surface area contributed by atoms with Crippen molar-refractivity contribution in [1.29, 1.82) is 0 Å². The van der Waals surface area contributed by atoms with Crippen LogP contribution in [0.25, 0.3) is 0 Å². The number of anilines is 1. The van der Waals surface area contributed by atoms with Gasteiger partial charge in [-0.2, -0.15) is 0 Å². The van der Waals surface area contributed by atoms with E-state index in [1.165, 1.54) is 0 Å². The first-order valence-corrected chi connectivity index (χ1v) is 7.63. The van der Waals surface area contributed by atoms with Crippen LogP contribution < -0.4 is 5.32 Å². The summed E-state index contributed by atoms with van der Waals surface area (Å²) in [5.74, 6) is 0. The Hall–Kier alpha value is -0.800. The molecule has 0 saturated heterocycles. The second-order valence-electron chi connectivity index (χ2n) is 4.86. The molecule has 2 atom stereocenters. The molecule has 0 radical (unpaired) electrons. The van der Waals surface area contributed by atoms with Crippen LogP contribution in [0, 0.1) is 0 Å². The van der Waals surface area contributed by atoms with Crippen molar-refractivity contribution in [3.63, 3.8) is 0 Å². The molecule has 0 aliphatic carbocycles. The molecule has 0 fully saturated rings. The van der Waals surface area contributed by atoms with Crippen molar-refractivity contribution in [2.45, 2.75) is 52.6 Å². The molecule has 0 aliphatic rings. The van der Waals surface area contributed by atoms with E-state index in [2.05, 4.69) is 37.9 Å². The lowest BCUT2D eigenvalue weighted by molar-refractivity contribution is 0.254. The van der Waals surface area contributed by atoms with Crippen molar-refractivity contribution in [2.75, 3.05) is 5.32 Å². The van der Waals surface area contributed by atoms with Gasteiger partial charge in [0.15, 0.2) is 5.11 Å². The molecule has 0 aromatic heterocycles. The Labute approximate surface area is 127 Å². The van der Waals surface area contributed by atoms with Crippen LogP contribution in [0.15, 0.2) is 24.3 Å². The van der Waals surface area contributed by atoms with Gasteiger partial charge in [0, 0.05) is 22.8 Å². The minimum Gasteiger partial charge on any atom is -0.344 e. The number of halogens is 1. The van der Waals surface area contributed by atoms with Crippen molar-refractivity contribution in [3.8, 4) is 0 Å². The molecule has 1 rings (SSSR count). The minimum absolute atomic E-state index is 0.433. The van der Waals surface area contributed by atoms with E-state index >= 15 is 0 Å². The smallest absolute Gasteiger partial charge is 0.173 e. The number of nitrogens with zero attached hydrogens (tertiary/aromatic N) is 1. The van der Waals surface area contributed by atoms with E-state index in [0.29, 0.717) is 12.1 Å². The number of hydrogen-bond donors (Lipinski definition) is 1. The standard InChI is InChI=1S/C15H23ClN2S/c1-5-11(3)18(12(4)6-2)15(19)17-14-9-7-13(16)8-10-14/h7-12H,5-6H2,1-4H3,(H,17,19). The van der Waals surface area contributed by atoms with Crippen molar-refractivity contribution in [1.82, 2.24) is 4.90 Å². The minimum atomic E-state index is 0.433. The van der Waals surface area contributed by atoms with E-state index in [0.717, 1.165) is 28.7 Å². The summed E-state index contributed by atoms with van der Waals surface area (Å²) in [5.41, 5.74) is 0.978. The Kier molecular flexibility index (Phi) is 6.59. The van der Waals surface area contributed by atoms with Gasteiger partial charge in [-0.05, 0) is 63.2 Å². The Bertz CT molecular complexity index is 395. The fourth-order valence-electron chi connectivity index (χ4n) is 1.95. The maximum atomic E-state index is 5.89. The zero-order valence-electron chi connectivity index (χ0n) is 12.1. The Morgan fingerprint density at radius 3 is 2.05 bits per heavy atom. The zero-order chi connectivity index (χ0) is 14.4. The van der Waals surface area contributed by atoms with Gasteiger partial charge in [0.25, 0.3) is 0 Å². The lowest BCUT2D eigenvalue weighted by Crippen LogP contribution is -2.46. The van der Waals surface area contributed by atoms with Crippen LogP contribution in [-0.4, -0.2) is 22.1 Å². The molecule has 1 aromatic rings. The molecule has 0 bridgehead atoms. The van der Waals surface area contributed by atoms with Gasteiger partial charge in [0.1, 0.15) is 0 Å². The van der Waals surface area contributed by atoms with Crippen LogP contribution in [0.4, 0.5) is 5.69 Å². The summed E-state index contributed by atoms with van der Waals surface area (Å²) < 4.78 is 0. The van der Waals surface area contributed by atoms with Crippen molar-refractivity contribution in [2.24, 2.45) is 0 Å². The molecule has 2 nitrogen and oxygen atoms in total. The van der Waals surface area contributed by atoms with Crippen LogP contribution in [0.2, 0.25) is 5.02 Å². The van der Waals surface area contributed by atoms with Gasteiger partial charge in [-0.1, -0.05) is 25.4 Å². The summed E-state index contributed by atoms with van der Waals surface area (Å²) in [4.78, 5) is 2.28. The summed E-state index contributed by atoms with van der Waals surface area (Å²) in [7, 11) is 0. The lowest BCUT2D eigenvalue weighted by Gasteiger charge is -2.36. The number of hydrogen-bond acceptors (Lipinski definition) is 1. The van der Waals surface area contributed by atoms with Gasteiger partial charge in [0.05, 0.1) is 0 Å². The highest BCUT2D eigenvalue weighted by molar-refractivity contribution is 7.80. The maximum Gasteiger partial charge on any atom is 0.173 e. The highest BCUT2D eigenvalue weighted by Gasteiger charge is 2.20. The maximum absolute atomic E-state index is 5.89. The summed E-state index contributed by atoms with van der Waals surface area (Å²) in [6, 6.07) is 8.48. The van der Waals surface area contributed by atoms with E-state index in [9.17, 15) is 0 Å². The number of nitrogens with one attached hydrogen (secondary N) is 1. The number of rotatable bonds is 5. The SMILES string of the molecule is CCC(C)N(C(=S)Nc1ccc(Cl)cc1)C(C)CC. The Morgan fingerprint density at radius 1 is 1.16 bits per heavy atom. The summed E-state index contributed by atoms with van der Waals surface area (Å²) in [6.45, 7) is 8.79. The van der Waals surface area contributed by atoms with Crippen molar-refractivity contribution in [3.05, 3.63) is 29.3 Å². The monoisotopic (exact) mass is 298 g/mol. The van der Waals surface area contributed by atoms with Gasteiger partial charge < -0.3 is 10.2 Å². The molecule has 0 amide bonds. The molecule has 2 unspecified atom stereocenters. The molecule has 0 saturated carbocycles. The predicted octanol–water partition coefficient (Wildman–Crippen LogP) is 4.94. The molecule has 106 valence electrons. The van der Waals surface area contributed by atoms with Crippen LogP contribution in [0.5, 0.6) is 0 Å². The number of thiocarbonyl (C=S) groups is 1. The van der Waals surface area contributed by atoms with Gasteiger partial charge in [-0.3, -0.25) is 0 Å². The molecule has 1 N–H and O–H groups in total. The molecular weight excluding hydrogens is 276 g/mol. The first-order chi connectivity index (χ1) is 8.99. The van der Waals surface area contributed by atoms with Gasteiger partial charge >= 0.3 is 0 Å². The second kappa shape index (κ2) is 7.71. The van der Waals surface area contributed by atoms with E-state index < -0.39 is 0 Å². The van der Waals surface area contributed by atoms with Gasteiger partial charge in [0.2, 0.25) is 0 Å². The van der Waals surface area contributed by atoms with Crippen LogP contribution >= 0.6 is 23.8 Å². The van der Waals surface area contributed by atoms with E-state index in [1.807, 2.05) is 24.3 Å². The molecule has 19 heavy (non-hydrogen) atoms. The fraction of sp³-hybridized carbons (Fsp3) is 0.533. The zero-order valence-corrected chi connectivity index (χ0v) is 13.7. The van der Waals surface area contributed by atoms with Crippen LogP contribution in [-0.2, 0) is 0 Å². The largest absolute Gasteiger partial charge is 0.344 e. The summed E-state index contributed by atoms with van der Waals surface area (Å²) >= 11 is 11.4. The highest BCUT2D eigenvalue weighted by atomic mass is 35.5. The van der Waals surface area contributed by atoms with Crippen molar-refractivity contribution < 1.29 is 0 Å². The Morgan fingerprint density at radius 2 is 1.63 bits per heavy atom. The van der Waals surface area contributed by atoms with Gasteiger partial charge in [-0.25, -0.2) is 0 Å². The molecule has 0 aliphatic heterocycles. The van der Waals surface area contributed by atoms with E-state index in [-0.39, 0.29) is 0 Å². The average Bonchev–Trinajstić information content (AvgIpc) is 2.41. The normalized spacial score (nSPS) is 13.7. The number of benzene rings is 1. The van der Waals surface area contributed by atoms with E-state index in [1.54, 1.807) is 0 Å². The predicted molar refractivity (Wildman–Crippen MR) is 89.0 cm³/mol. The third-order valence-electron chi connectivity index (χ3n) is 3.46. The lowest BCUT2D eigenvalue weighted by atomic mass is 10.1. The first kappa shape index (κ1) is 16.3. The van der Waals surface area contributed by atoms with Crippen LogP contribution in [0.3, 0.4) is 0 Å². The summed E-state index contributed by atoms with van der Waals surface area (Å²) in [6.07, 6.45) is 2.15. The van der Waals surface area contributed by atoms with Gasteiger partial charge in [-0.15, -0.1) is 0 Å². The Balaban J connectivity index is 2.79. The van der Waals surface area contributed by atoms with Crippen molar-refractivity contribution >= 4 is 34.6 Å². The molecule has 0 heterocycles. The average molecular weight is 299 g/mol.